The molecule has 0 aromatic carbocycles. The summed E-state index contributed by atoms with van der Waals surface area (Å²) in [6.07, 6.45) is -2.54. The predicted octanol–water partition coefficient (Wildman–Crippen LogP) is -2.71. The number of aliphatic hydroxyl groups excluding tert-OH is 1. The van der Waals surface area contributed by atoms with E-state index in [1.54, 1.807) is 0 Å². The normalized spacial score (nSPS) is 10.0. The van der Waals surface area contributed by atoms with Crippen LogP contribution in [0.15, 0.2) is 0 Å². The van der Waals surface area contributed by atoms with Crippen molar-refractivity contribution in [3.05, 3.63) is 0 Å². The van der Waals surface area contributed by atoms with E-state index >= 15 is 0 Å². The molecule has 6 N–H and O–H groups in total. The molecule has 0 amide bonds. The maximum atomic E-state index is 9.72. The molecule has 0 aliphatic heterocycles. The standard InChI is InChI=1S/C4H6O5.C2H5NO2.Na.H/c5-2(4(8)9)1-3(6)7;3-1-2(4)5;;/h2,5H,1H2,(H,6,7)(H,8,9);1,3H2,(H,4,5);;. The van der Waals surface area contributed by atoms with Crippen LogP contribution in [-0.4, -0.2) is 80.5 Å². The van der Waals surface area contributed by atoms with Gasteiger partial charge in [-0.05, 0) is 0 Å². The summed E-state index contributed by atoms with van der Waals surface area (Å²) < 4.78 is 0. The zero-order chi connectivity index (χ0) is 11.7. The predicted molar refractivity (Wildman–Crippen MR) is 49.7 cm³/mol. The fraction of sp³-hybridized carbons (Fsp3) is 0.500. The van der Waals surface area contributed by atoms with Gasteiger partial charge in [0.2, 0.25) is 0 Å². The van der Waals surface area contributed by atoms with Crippen molar-refractivity contribution in [1.82, 2.24) is 0 Å². The molecular formula is C6H12NNaO7. The molecule has 0 aliphatic rings. The Bertz CT molecular complexity index is 220. The molecular weight excluding hydrogens is 221 g/mol. The molecule has 84 valence electrons. The van der Waals surface area contributed by atoms with E-state index in [4.69, 9.17) is 20.4 Å². The zero-order valence-electron chi connectivity index (χ0n) is 7.08. The fourth-order valence-corrected chi connectivity index (χ4v) is 0.253. The fourth-order valence-electron chi connectivity index (χ4n) is 0.253. The third kappa shape index (κ3) is 19.7. The van der Waals surface area contributed by atoms with Gasteiger partial charge in [-0.2, -0.15) is 0 Å². The molecule has 0 aromatic heterocycles. The zero-order valence-corrected chi connectivity index (χ0v) is 7.08. The molecule has 9 heteroatoms. The summed E-state index contributed by atoms with van der Waals surface area (Å²) in [6, 6.07) is 0. The molecule has 1 unspecified atom stereocenters. The van der Waals surface area contributed by atoms with Gasteiger partial charge in [-0.3, -0.25) is 9.59 Å². The minimum absolute atomic E-state index is 0. The number of rotatable bonds is 4. The van der Waals surface area contributed by atoms with Crippen LogP contribution in [0.3, 0.4) is 0 Å². The first-order valence-electron chi connectivity index (χ1n) is 3.35. The molecule has 0 spiro atoms. The quantitative estimate of drug-likeness (QED) is 0.328. The van der Waals surface area contributed by atoms with Crippen LogP contribution in [0.2, 0.25) is 0 Å². The van der Waals surface area contributed by atoms with E-state index in [9.17, 15) is 14.4 Å². The van der Waals surface area contributed by atoms with Gasteiger partial charge < -0.3 is 26.2 Å². The molecule has 0 saturated heterocycles. The van der Waals surface area contributed by atoms with Crippen molar-refractivity contribution >= 4 is 47.5 Å². The van der Waals surface area contributed by atoms with Gasteiger partial charge in [0.15, 0.2) is 6.10 Å². The van der Waals surface area contributed by atoms with E-state index in [-0.39, 0.29) is 36.1 Å². The van der Waals surface area contributed by atoms with Crippen LogP contribution in [0.1, 0.15) is 6.42 Å². The Hall–Kier alpha value is -0.670. The monoisotopic (exact) mass is 233 g/mol. The first-order chi connectivity index (χ1) is 6.31. The molecule has 0 fully saturated rings. The Balaban J connectivity index is -0.000000208. The van der Waals surface area contributed by atoms with Gasteiger partial charge in [-0.25, -0.2) is 4.79 Å². The van der Waals surface area contributed by atoms with Gasteiger partial charge in [0.05, 0.1) is 13.0 Å². The van der Waals surface area contributed by atoms with Gasteiger partial charge in [0.25, 0.3) is 0 Å². The van der Waals surface area contributed by atoms with Crippen molar-refractivity contribution < 1.29 is 34.8 Å². The van der Waals surface area contributed by atoms with Crippen LogP contribution in [0.4, 0.5) is 0 Å². The molecule has 0 radical (unpaired) electrons. The van der Waals surface area contributed by atoms with Crippen molar-refractivity contribution in [2.24, 2.45) is 5.73 Å². The van der Waals surface area contributed by atoms with Crippen LogP contribution in [-0.2, 0) is 14.4 Å². The number of hydrogen-bond acceptors (Lipinski definition) is 5. The second-order valence-corrected chi connectivity index (χ2v) is 2.05. The average Bonchev–Trinajstić information content (AvgIpc) is 2.04. The van der Waals surface area contributed by atoms with Crippen LogP contribution < -0.4 is 5.73 Å². The molecule has 8 nitrogen and oxygen atoms in total. The SMILES string of the molecule is NCC(=O)O.O=C(O)CC(O)C(=O)O.[NaH]. The van der Waals surface area contributed by atoms with Crippen LogP contribution in [0.5, 0.6) is 0 Å². The molecule has 1 atom stereocenters. The van der Waals surface area contributed by atoms with Crippen molar-refractivity contribution in [2.75, 3.05) is 6.54 Å². The molecule has 15 heavy (non-hydrogen) atoms. The van der Waals surface area contributed by atoms with Crippen molar-refractivity contribution in [3.8, 4) is 0 Å². The number of carbonyl (C=O) groups is 3. The number of hydrogen-bond donors (Lipinski definition) is 5. The number of aliphatic carboxylic acids is 3. The third-order valence-electron chi connectivity index (χ3n) is 0.828. The van der Waals surface area contributed by atoms with Crippen molar-refractivity contribution in [3.63, 3.8) is 0 Å². The van der Waals surface area contributed by atoms with E-state index in [0.717, 1.165) is 0 Å². The Labute approximate surface area is 107 Å². The topological polar surface area (TPSA) is 158 Å². The molecule has 0 heterocycles. The summed E-state index contributed by atoms with van der Waals surface area (Å²) in [5, 5.41) is 31.7. The van der Waals surface area contributed by atoms with E-state index in [1.807, 2.05) is 0 Å². The molecule has 0 saturated carbocycles. The summed E-state index contributed by atoms with van der Waals surface area (Å²) in [4.78, 5) is 28.7. The minimum atomic E-state index is -1.79. The first-order valence-corrected chi connectivity index (χ1v) is 3.35. The Morgan fingerprint density at radius 3 is 1.47 bits per heavy atom. The molecule has 0 aliphatic carbocycles. The number of aliphatic hydroxyl groups is 1. The summed E-state index contributed by atoms with van der Waals surface area (Å²) in [7, 11) is 0. The summed E-state index contributed by atoms with van der Waals surface area (Å²) >= 11 is 0. The Morgan fingerprint density at radius 2 is 1.40 bits per heavy atom. The maximum absolute atomic E-state index is 9.72. The van der Waals surface area contributed by atoms with Crippen molar-refractivity contribution in [2.45, 2.75) is 12.5 Å². The summed E-state index contributed by atoms with van der Waals surface area (Å²) in [5.41, 5.74) is 4.57. The van der Waals surface area contributed by atoms with Crippen LogP contribution in [0, 0.1) is 0 Å². The third-order valence-corrected chi connectivity index (χ3v) is 0.828. The van der Waals surface area contributed by atoms with E-state index in [1.165, 1.54) is 0 Å². The Kier molecular flexibility index (Phi) is 15.1. The average molecular weight is 233 g/mol. The molecule has 0 rings (SSSR count). The van der Waals surface area contributed by atoms with Gasteiger partial charge in [0.1, 0.15) is 0 Å². The van der Waals surface area contributed by atoms with Crippen LogP contribution in [0.25, 0.3) is 0 Å². The van der Waals surface area contributed by atoms with E-state index in [2.05, 4.69) is 5.73 Å². The van der Waals surface area contributed by atoms with Gasteiger partial charge in [-0.1, -0.05) is 0 Å². The van der Waals surface area contributed by atoms with Crippen LogP contribution >= 0.6 is 0 Å². The second-order valence-electron chi connectivity index (χ2n) is 2.05. The number of carboxylic acid groups (broad SMARTS) is 3. The molecule has 0 aromatic rings. The van der Waals surface area contributed by atoms with E-state index < -0.39 is 30.4 Å². The number of carboxylic acids is 3. The van der Waals surface area contributed by atoms with E-state index in [0.29, 0.717) is 0 Å². The van der Waals surface area contributed by atoms with Gasteiger partial charge in [-0.15, -0.1) is 0 Å². The second kappa shape index (κ2) is 11.4. The number of nitrogens with two attached hydrogens (primary N) is 1. The van der Waals surface area contributed by atoms with Gasteiger partial charge in [0, 0.05) is 0 Å². The summed E-state index contributed by atoms with van der Waals surface area (Å²) in [5.74, 6) is -3.81. The first kappa shape index (κ1) is 19.8. The molecule has 0 bridgehead atoms. The Morgan fingerprint density at radius 1 is 1.07 bits per heavy atom. The summed E-state index contributed by atoms with van der Waals surface area (Å²) in [6.45, 7) is -0.278. The van der Waals surface area contributed by atoms with Crippen molar-refractivity contribution in [1.29, 1.82) is 0 Å². The van der Waals surface area contributed by atoms with Gasteiger partial charge >= 0.3 is 47.5 Å².